The Labute approximate surface area is 113 Å². The molecule has 0 aliphatic heterocycles. The minimum absolute atomic E-state index is 0.187. The molecule has 3 nitrogen and oxygen atoms in total. The summed E-state index contributed by atoms with van der Waals surface area (Å²) in [7, 11) is 0. The lowest BCUT2D eigenvalue weighted by molar-refractivity contribution is 0.451. The van der Waals surface area contributed by atoms with E-state index in [4.69, 9.17) is 4.74 Å². The predicted molar refractivity (Wildman–Crippen MR) is 70.7 cm³/mol. The van der Waals surface area contributed by atoms with Crippen LogP contribution in [0.5, 0.6) is 11.6 Å². The third-order valence-electron chi connectivity index (χ3n) is 2.94. The van der Waals surface area contributed by atoms with Crippen LogP contribution in [0.3, 0.4) is 0 Å². The van der Waals surface area contributed by atoms with Gasteiger partial charge in [0.15, 0.2) is 11.6 Å². The van der Waals surface area contributed by atoms with Crippen LogP contribution < -0.4 is 4.74 Å². The molecule has 0 bridgehead atoms. The zero-order valence-corrected chi connectivity index (χ0v) is 10.6. The molecule has 0 aliphatic carbocycles. The Morgan fingerprint density at radius 1 is 1.00 bits per heavy atom. The number of aromatic nitrogens is 2. The summed E-state index contributed by atoms with van der Waals surface area (Å²) in [4.78, 5) is 8.22. The molecule has 1 heterocycles. The van der Waals surface area contributed by atoms with E-state index < -0.39 is 11.6 Å². The van der Waals surface area contributed by atoms with Gasteiger partial charge in [-0.2, -0.15) is 0 Å². The Kier molecular flexibility index (Phi) is 3.02. The molecule has 0 saturated heterocycles. The van der Waals surface area contributed by atoms with Crippen LogP contribution >= 0.6 is 0 Å². The summed E-state index contributed by atoms with van der Waals surface area (Å²) >= 11 is 0. The summed E-state index contributed by atoms with van der Waals surface area (Å²) in [6.07, 6.45) is 1.37. The van der Waals surface area contributed by atoms with E-state index in [0.717, 1.165) is 28.6 Å². The first-order valence-corrected chi connectivity index (χ1v) is 5.98. The van der Waals surface area contributed by atoms with Crippen molar-refractivity contribution < 1.29 is 13.5 Å². The van der Waals surface area contributed by atoms with Crippen LogP contribution in [0.1, 0.15) is 5.56 Å². The second-order valence-electron chi connectivity index (χ2n) is 4.33. The first-order chi connectivity index (χ1) is 9.65. The largest absolute Gasteiger partial charge is 0.438 e. The van der Waals surface area contributed by atoms with Crippen LogP contribution in [-0.4, -0.2) is 9.97 Å². The maximum Gasteiger partial charge on any atom is 0.230 e. The zero-order chi connectivity index (χ0) is 14.1. The topological polar surface area (TPSA) is 35.0 Å². The summed E-state index contributed by atoms with van der Waals surface area (Å²) in [6.45, 7) is 1.91. The highest BCUT2D eigenvalue weighted by Gasteiger charge is 2.10. The molecule has 100 valence electrons. The van der Waals surface area contributed by atoms with Crippen molar-refractivity contribution in [2.75, 3.05) is 0 Å². The molecule has 0 radical (unpaired) electrons. The number of fused-ring (bicyclic) bond motifs is 1. The van der Waals surface area contributed by atoms with E-state index in [0.29, 0.717) is 5.88 Å². The summed E-state index contributed by atoms with van der Waals surface area (Å²) in [5, 5.41) is 0.750. The Bertz CT molecular complexity index is 785. The van der Waals surface area contributed by atoms with E-state index in [1.165, 1.54) is 12.4 Å². The number of halogens is 2. The van der Waals surface area contributed by atoms with Gasteiger partial charge >= 0.3 is 0 Å². The van der Waals surface area contributed by atoms with Crippen molar-refractivity contribution in [3.63, 3.8) is 0 Å². The smallest absolute Gasteiger partial charge is 0.230 e. The van der Waals surface area contributed by atoms with Gasteiger partial charge < -0.3 is 4.74 Å². The van der Waals surface area contributed by atoms with Crippen LogP contribution in [0, 0.1) is 18.6 Å². The van der Waals surface area contributed by atoms with Crippen LogP contribution in [0.25, 0.3) is 10.9 Å². The van der Waals surface area contributed by atoms with Gasteiger partial charge in [-0.1, -0.05) is 12.1 Å². The normalized spacial score (nSPS) is 10.8. The molecule has 3 rings (SSSR count). The highest BCUT2D eigenvalue weighted by Crippen LogP contribution is 2.29. The Hall–Kier alpha value is -2.56. The lowest BCUT2D eigenvalue weighted by Crippen LogP contribution is -1.94. The number of rotatable bonds is 2. The van der Waals surface area contributed by atoms with E-state index in [1.54, 1.807) is 0 Å². The summed E-state index contributed by atoms with van der Waals surface area (Å²) in [5.41, 5.74) is 1.68. The van der Waals surface area contributed by atoms with E-state index in [9.17, 15) is 8.78 Å². The van der Waals surface area contributed by atoms with Gasteiger partial charge in [-0.15, -0.1) is 0 Å². The van der Waals surface area contributed by atoms with Crippen molar-refractivity contribution in [2.24, 2.45) is 0 Å². The SMILES string of the molecule is Cc1cccc2ncnc(Oc3ccc(F)c(F)c3)c12. The van der Waals surface area contributed by atoms with Gasteiger partial charge in [0.05, 0.1) is 10.9 Å². The van der Waals surface area contributed by atoms with Crippen molar-refractivity contribution in [3.8, 4) is 11.6 Å². The molecular formula is C15H10F2N2O. The lowest BCUT2D eigenvalue weighted by atomic mass is 10.1. The molecule has 0 fully saturated rings. The van der Waals surface area contributed by atoms with Crippen LogP contribution in [0.2, 0.25) is 0 Å². The predicted octanol–water partition coefficient (Wildman–Crippen LogP) is 4.01. The fraction of sp³-hybridized carbons (Fsp3) is 0.0667. The molecule has 0 atom stereocenters. The molecule has 0 saturated carbocycles. The van der Waals surface area contributed by atoms with Gasteiger partial charge in [0.1, 0.15) is 12.1 Å². The standard InChI is InChI=1S/C15H10F2N2O/c1-9-3-2-4-13-14(9)15(19-8-18-13)20-10-5-6-11(16)12(17)7-10/h2-8H,1H3. The molecular weight excluding hydrogens is 262 g/mol. The highest BCUT2D eigenvalue weighted by atomic mass is 19.2. The first kappa shape index (κ1) is 12.5. The van der Waals surface area contributed by atoms with Crippen LogP contribution in [0.4, 0.5) is 8.78 Å². The number of ether oxygens (including phenoxy) is 1. The Morgan fingerprint density at radius 3 is 2.65 bits per heavy atom. The molecule has 20 heavy (non-hydrogen) atoms. The molecule has 0 N–H and O–H groups in total. The molecule has 0 amide bonds. The van der Waals surface area contributed by atoms with E-state index >= 15 is 0 Å². The molecule has 1 aromatic heterocycles. The summed E-state index contributed by atoms with van der Waals surface area (Å²) in [5.74, 6) is -1.37. The summed E-state index contributed by atoms with van der Waals surface area (Å²) < 4.78 is 31.6. The van der Waals surface area contributed by atoms with E-state index in [1.807, 2.05) is 25.1 Å². The van der Waals surface area contributed by atoms with Crippen molar-refractivity contribution in [1.29, 1.82) is 0 Å². The average Bonchev–Trinajstić information content (AvgIpc) is 2.43. The Balaban J connectivity index is 2.08. The quantitative estimate of drug-likeness (QED) is 0.707. The van der Waals surface area contributed by atoms with Gasteiger partial charge in [-0.05, 0) is 30.7 Å². The zero-order valence-electron chi connectivity index (χ0n) is 10.6. The van der Waals surface area contributed by atoms with Crippen molar-refractivity contribution in [3.05, 3.63) is 59.9 Å². The number of aryl methyl sites for hydroxylation is 1. The third-order valence-corrected chi connectivity index (χ3v) is 2.94. The van der Waals surface area contributed by atoms with Gasteiger partial charge in [0, 0.05) is 6.07 Å². The van der Waals surface area contributed by atoms with Crippen molar-refractivity contribution in [2.45, 2.75) is 6.92 Å². The molecule has 0 unspecified atom stereocenters. The van der Waals surface area contributed by atoms with Crippen molar-refractivity contribution >= 4 is 10.9 Å². The second kappa shape index (κ2) is 4.85. The van der Waals surface area contributed by atoms with Crippen molar-refractivity contribution in [1.82, 2.24) is 9.97 Å². The lowest BCUT2D eigenvalue weighted by Gasteiger charge is -2.09. The highest BCUT2D eigenvalue weighted by molar-refractivity contribution is 5.86. The Morgan fingerprint density at radius 2 is 1.85 bits per heavy atom. The summed E-state index contributed by atoms with van der Waals surface area (Å²) in [6, 6.07) is 8.98. The minimum atomic E-state index is -0.961. The fourth-order valence-electron chi connectivity index (χ4n) is 1.98. The van der Waals surface area contributed by atoms with Gasteiger partial charge in [0.25, 0.3) is 0 Å². The molecule has 3 aromatic rings. The second-order valence-corrected chi connectivity index (χ2v) is 4.33. The molecule has 2 aromatic carbocycles. The first-order valence-electron chi connectivity index (χ1n) is 5.98. The molecule has 5 heteroatoms. The number of benzene rings is 2. The number of hydrogen-bond acceptors (Lipinski definition) is 3. The van der Waals surface area contributed by atoms with Crippen LogP contribution in [0.15, 0.2) is 42.7 Å². The third kappa shape index (κ3) is 2.18. The molecule has 0 aliphatic rings. The van der Waals surface area contributed by atoms with Gasteiger partial charge in [-0.25, -0.2) is 18.7 Å². The molecule has 0 spiro atoms. The van der Waals surface area contributed by atoms with E-state index in [-0.39, 0.29) is 5.75 Å². The maximum absolute atomic E-state index is 13.2. The number of hydrogen-bond donors (Lipinski definition) is 0. The maximum atomic E-state index is 13.2. The monoisotopic (exact) mass is 272 g/mol. The number of nitrogens with zero attached hydrogens (tertiary/aromatic N) is 2. The average molecular weight is 272 g/mol. The van der Waals surface area contributed by atoms with Gasteiger partial charge in [-0.3, -0.25) is 0 Å². The fourth-order valence-corrected chi connectivity index (χ4v) is 1.98. The van der Waals surface area contributed by atoms with Crippen LogP contribution in [-0.2, 0) is 0 Å². The van der Waals surface area contributed by atoms with Gasteiger partial charge in [0.2, 0.25) is 5.88 Å². The van der Waals surface area contributed by atoms with E-state index in [2.05, 4.69) is 9.97 Å². The minimum Gasteiger partial charge on any atom is -0.438 e.